The molecule has 3 aromatic rings. The summed E-state index contributed by atoms with van der Waals surface area (Å²) < 4.78 is 0.884. The van der Waals surface area contributed by atoms with Gasteiger partial charge in [-0.25, -0.2) is 9.97 Å². The number of aromatic nitrogens is 2. The van der Waals surface area contributed by atoms with Gasteiger partial charge in [-0.05, 0) is 90.5 Å². The molecule has 182 valence electrons. The average molecular weight is 535 g/mol. The van der Waals surface area contributed by atoms with Crippen LogP contribution >= 0.6 is 15.9 Å². The molecular weight excluding hydrogens is 504 g/mol. The van der Waals surface area contributed by atoms with E-state index in [0.29, 0.717) is 5.95 Å². The molecule has 5 rings (SSSR count). The molecule has 0 unspecified atom stereocenters. The van der Waals surface area contributed by atoms with Gasteiger partial charge in [0.05, 0.1) is 15.6 Å². The summed E-state index contributed by atoms with van der Waals surface area (Å²) in [4.78, 5) is 24.1. The number of aryl methyl sites for hydroxylation is 3. The Morgan fingerprint density at radius 2 is 1.94 bits per heavy atom. The number of anilines is 4. The highest BCUT2D eigenvalue weighted by Gasteiger charge is 2.39. The lowest BCUT2D eigenvalue weighted by molar-refractivity contribution is -0.119. The molecule has 35 heavy (non-hydrogen) atoms. The molecule has 1 amide bonds. The van der Waals surface area contributed by atoms with E-state index in [-0.39, 0.29) is 5.91 Å². The first kappa shape index (κ1) is 23.8. The normalized spacial score (nSPS) is 16.7. The van der Waals surface area contributed by atoms with E-state index in [1.165, 1.54) is 11.3 Å². The fourth-order valence-electron chi connectivity index (χ4n) is 4.96. The number of piperazine rings is 1. The van der Waals surface area contributed by atoms with Crippen molar-refractivity contribution in [1.82, 2.24) is 15.3 Å². The number of hydrogen-bond donors (Lipinski definition) is 3. The molecule has 0 radical (unpaired) electrons. The molecule has 2 aliphatic rings. The second-order valence-corrected chi connectivity index (χ2v) is 10.6. The molecule has 2 aromatic carbocycles. The number of carbonyl (C=O) groups is 1. The van der Waals surface area contributed by atoms with Gasteiger partial charge in [0.1, 0.15) is 0 Å². The van der Waals surface area contributed by atoms with E-state index in [0.717, 1.165) is 71.7 Å². The molecule has 8 heteroatoms. The molecule has 0 saturated carbocycles. The van der Waals surface area contributed by atoms with Gasteiger partial charge in [-0.3, -0.25) is 4.79 Å². The second-order valence-electron chi connectivity index (χ2n) is 9.77. The molecule has 0 atom stereocenters. The summed E-state index contributed by atoms with van der Waals surface area (Å²) in [6, 6.07) is 12.6. The Labute approximate surface area is 214 Å². The van der Waals surface area contributed by atoms with Crippen molar-refractivity contribution >= 4 is 44.8 Å². The van der Waals surface area contributed by atoms with Crippen LogP contribution in [0.3, 0.4) is 0 Å². The van der Waals surface area contributed by atoms with Crippen LogP contribution in [0.25, 0.3) is 0 Å². The zero-order valence-electron chi connectivity index (χ0n) is 20.4. The van der Waals surface area contributed by atoms with Crippen molar-refractivity contribution in [1.29, 1.82) is 0 Å². The lowest BCUT2D eigenvalue weighted by atomic mass is 9.82. The van der Waals surface area contributed by atoms with Crippen molar-refractivity contribution in [3.8, 4) is 0 Å². The number of rotatable bonds is 6. The first-order valence-electron chi connectivity index (χ1n) is 12.1. The Hall–Kier alpha value is -2.97. The van der Waals surface area contributed by atoms with Gasteiger partial charge in [-0.2, -0.15) is 0 Å². The van der Waals surface area contributed by atoms with Gasteiger partial charge < -0.3 is 20.9 Å². The highest BCUT2D eigenvalue weighted by atomic mass is 79.9. The number of fused-ring (bicyclic) bond motifs is 1. The maximum atomic E-state index is 12.4. The Morgan fingerprint density at radius 1 is 1.14 bits per heavy atom. The minimum Gasteiger partial charge on any atom is -0.369 e. The summed E-state index contributed by atoms with van der Waals surface area (Å²) >= 11 is 3.62. The van der Waals surface area contributed by atoms with E-state index in [9.17, 15) is 4.79 Å². The van der Waals surface area contributed by atoms with Crippen LogP contribution in [0.5, 0.6) is 0 Å². The van der Waals surface area contributed by atoms with Crippen LogP contribution in [-0.2, 0) is 23.1 Å². The predicted molar refractivity (Wildman–Crippen MR) is 145 cm³/mol. The molecule has 3 N–H and O–H groups in total. The van der Waals surface area contributed by atoms with E-state index < -0.39 is 5.41 Å². The predicted octanol–water partition coefficient (Wildman–Crippen LogP) is 4.72. The molecule has 1 aromatic heterocycles. The van der Waals surface area contributed by atoms with Crippen molar-refractivity contribution in [2.75, 3.05) is 41.7 Å². The van der Waals surface area contributed by atoms with Gasteiger partial charge in [-0.1, -0.05) is 12.1 Å². The lowest BCUT2D eigenvalue weighted by Crippen LogP contribution is -2.43. The molecule has 1 saturated heterocycles. The monoisotopic (exact) mass is 534 g/mol. The van der Waals surface area contributed by atoms with Gasteiger partial charge in [0.15, 0.2) is 0 Å². The third-order valence-electron chi connectivity index (χ3n) is 6.98. The number of nitrogens with zero attached hydrogens (tertiary/aromatic N) is 3. The number of nitrogens with one attached hydrogen (secondary N) is 3. The van der Waals surface area contributed by atoms with Crippen molar-refractivity contribution in [3.05, 3.63) is 69.5 Å². The maximum absolute atomic E-state index is 12.4. The SMILES string of the molecule is Cc1cc(N2CCNCC2)ccc1Nc1ncc(Br)c(CCc2cccc3c2C(C)(C)C(=O)N3)n1. The first-order chi connectivity index (χ1) is 16.8. The van der Waals surface area contributed by atoms with Gasteiger partial charge in [0.2, 0.25) is 11.9 Å². The Balaban J connectivity index is 1.32. The van der Waals surface area contributed by atoms with Crippen LogP contribution in [0.15, 0.2) is 47.1 Å². The number of hydrogen-bond acceptors (Lipinski definition) is 6. The summed E-state index contributed by atoms with van der Waals surface area (Å²) in [5.74, 6) is 0.629. The fourth-order valence-corrected chi connectivity index (χ4v) is 5.35. The largest absolute Gasteiger partial charge is 0.369 e. The summed E-state index contributed by atoms with van der Waals surface area (Å²) in [7, 11) is 0. The van der Waals surface area contributed by atoms with Crippen LogP contribution in [0.4, 0.5) is 23.0 Å². The van der Waals surface area contributed by atoms with Crippen molar-refractivity contribution < 1.29 is 4.79 Å². The fraction of sp³-hybridized carbons (Fsp3) is 0.370. The standard InChI is InChI=1S/C27H31BrN6O/c1-17-15-19(34-13-11-29-12-14-34)8-10-21(17)32-26-30-16-20(28)22(33-26)9-7-18-5-4-6-23-24(18)27(2,3)25(35)31-23/h4-6,8,10,15-16,29H,7,9,11-14H2,1-3H3,(H,31,35)(H,30,32,33). The summed E-state index contributed by atoms with van der Waals surface area (Å²) in [6.07, 6.45) is 3.33. The van der Waals surface area contributed by atoms with E-state index in [4.69, 9.17) is 4.98 Å². The van der Waals surface area contributed by atoms with Crippen molar-refractivity contribution in [2.45, 2.75) is 39.0 Å². The van der Waals surface area contributed by atoms with Crippen molar-refractivity contribution in [2.24, 2.45) is 0 Å². The highest BCUT2D eigenvalue weighted by Crippen LogP contribution is 2.40. The first-order valence-corrected chi connectivity index (χ1v) is 12.9. The van der Waals surface area contributed by atoms with Gasteiger partial charge in [0, 0.05) is 49.4 Å². The number of halogens is 1. The van der Waals surface area contributed by atoms with Crippen LogP contribution in [0.1, 0.15) is 36.2 Å². The van der Waals surface area contributed by atoms with Gasteiger partial charge in [0.25, 0.3) is 0 Å². The second kappa shape index (κ2) is 9.59. The number of carbonyl (C=O) groups excluding carboxylic acids is 1. The molecular formula is C27H31BrN6O. The third kappa shape index (κ3) is 4.77. The Kier molecular flexibility index (Phi) is 6.51. The Bertz CT molecular complexity index is 1270. The Morgan fingerprint density at radius 3 is 2.71 bits per heavy atom. The van der Waals surface area contributed by atoms with Crippen LogP contribution in [-0.4, -0.2) is 42.1 Å². The van der Waals surface area contributed by atoms with E-state index >= 15 is 0 Å². The molecule has 0 bridgehead atoms. The molecule has 0 aliphatic carbocycles. The number of amides is 1. The van der Waals surface area contributed by atoms with Crippen LogP contribution in [0, 0.1) is 6.92 Å². The van der Waals surface area contributed by atoms with Gasteiger partial charge in [-0.15, -0.1) is 0 Å². The maximum Gasteiger partial charge on any atom is 0.234 e. The minimum absolute atomic E-state index is 0.0491. The van der Waals surface area contributed by atoms with E-state index in [1.807, 2.05) is 26.0 Å². The quantitative estimate of drug-likeness (QED) is 0.424. The zero-order chi connectivity index (χ0) is 24.6. The van der Waals surface area contributed by atoms with E-state index in [1.54, 1.807) is 6.20 Å². The summed E-state index contributed by atoms with van der Waals surface area (Å²) in [5.41, 5.74) is 7.00. The van der Waals surface area contributed by atoms with Crippen molar-refractivity contribution in [3.63, 3.8) is 0 Å². The zero-order valence-corrected chi connectivity index (χ0v) is 22.0. The van der Waals surface area contributed by atoms with Crippen LogP contribution < -0.4 is 20.9 Å². The average Bonchev–Trinajstić information content (AvgIpc) is 3.09. The molecule has 2 aliphatic heterocycles. The van der Waals surface area contributed by atoms with Crippen LogP contribution in [0.2, 0.25) is 0 Å². The van der Waals surface area contributed by atoms with Gasteiger partial charge >= 0.3 is 0 Å². The molecule has 0 spiro atoms. The topological polar surface area (TPSA) is 82.2 Å². The summed E-state index contributed by atoms with van der Waals surface area (Å²) in [6.45, 7) is 10.2. The molecule has 3 heterocycles. The minimum atomic E-state index is -0.532. The highest BCUT2D eigenvalue weighted by molar-refractivity contribution is 9.10. The third-order valence-corrected chi connectivity index (χ3v) is 7.64. The lowest BCUT2D eigenvalue weighted by Gasteiger charge is -2.30. The molecule has 7 nitrogen and oxygen atoms in total. The molecule has 1 fully saturated rings. The summed E-state index contributed by atoms with van der Waals surface area (Å²) in [5, 5.41) is 9.81. The van der Waals surface area contributed by atoms with E-state index in [2.05, 4.69) is 73.0 Å². The number of benzene rings is 2. The smallest absolute Gasteiger partial charge is 0.234 e.